The Balaban J connectivity index is 1.72. The minimum absolute atomic E-state index is 0.428. The molecule has 2 aromatic heterocycles. The van der Waals surface area contributed by atoms with Crippen molar-refractivity contribution in [2.45, 2.75) is 46.9 Å². The van der Waals surface area contributed by atoms with E-state index in [1.165, 1.54) is 33.2 Å². The van der Waals surface area contributed by atoms with Crippen LogP contribution in [0.25, 0.3) is 33.3 Å². The van der Waals surface area contributed by atoms with Crippen molar-refractivity contribution in [3.05, 3.63) is 99.8 Å². The molecule has 0 aliphatic carbocycles. The van der Waals surface area contributed by atoms with E-state index in [4.69, 9.17) is 0 Å². The van der Waals surface area contributed by atoms with E-state index in [2.05, 4.69) is 106 Å². The van der Waals surface area contributed by atoms with Gasteiger partial charge in [0.1, 0.15) is 0 Å². The monoisotopic (exact) mass is 527 g/mol. The van der Waals surface area contributed by atoms with Crippen molar-refractivity contribution in [2.75, 3.05) is 0 Å². The number of aliphatic hydroxyl groups is 1. The number of hydrogen-bond acceptors (Lipinski definition) is 2. The highest BCUT2D eigenvalue weighted by Crippen LogP contribution is 2.42. The average molecular weight is 528 g/mol. The molecule has 0 saturated carbocycles. The largest absolute Gasteiger partial charge is 0.389 e. The van der Waals surface area contributed by atoms with Crippen LogP contribution in [0.1, 0.15) is 22.5 Å². The van der Waals surface area contributed by atoms with Gasteiger partial charge in [-0.25, -0.2) is 0 Å². The fraction of sp³-hybridized carbons (Fsp3) is 0.233. The topological polar surface area (TPSA) is 43.0 Å². The van der Waals surface area contributed by atoms with E-state index in [1.54, 1.807) is 0 Å². The average Bonchev–Trinajstić information content (AvgIpc) is 3.29. The predicted octanol–water partition coefficient (Wildman–Crippen LogP) is 7.23. The minimum atomic E-state index is -0.609. The summed E-state index contributed by atoms with van der Waals surface area (Å²) in [4.78, 5) is 0. The number of aliphatic hydroxyl groups excluding tert-OH is 1. The summed E-state index contributed by atoms with van der Waals surface area (Å²) in [5, 5.41) is 17.2. The van der Waals surface area contributed by atoms with Crippen molar-refractivity contribution < 1.29 is 5.11 Å². The summed E-state index contributed by atoms with van der Waals surface area (Å²) in [6, 6.07) is 25.6. The van der Waals surface area contributed by atoms with Crippen molar-refractivity contribution in [1.29, 1.82) is 0 Å². The van der Waals surface area contributed by atoms with Crippen LogP contribution in [0.3, 0.4) is 0 Å². The number of halogens is 1. The Morgan fingerprint density at radius 1 is 0.857 bits per heavy atom. The molecule has 5 rings (SSSR count). The lowest BCUT2D eigenvalue weighted by Crippen LogP contribution is -2.24. The third kappa shape index (κ3) is 4.35. The van der Waals surface area contributed by atoms with Gasteiger partial charge in [-0.3, -0.25) is 4.68 Å². The second-order valence-electron chi connectivity index (χ2n) is 9.36. The zero-order valence-corrected chi connectivity index (χ0v) is 22.2. The zero-order chi connectivity index (χ0) is 24.7. The van der Waals surface area contributed by atoms with E-state index in [-0.39, 0.29) is 0 Å². The number of benzene rings is 3. The fourth-order valence-electron chi connectivity index (χ4n) is 5.18. The van der Waals surface area contributed by atoms with Crippen LogP contribution >= 0.6 is 15.9 Å². The van der Waals surface area contributed by atoms with Gasteiger partial charge in [-0.05, 0) is 66.4 Å². The Morgan fingerprint density at radius 3 is 2.09 bits per heavy atom. The third-order valence-electron chi connectivity index (χ3n) is 6.67. The first kappa shape index (κ1) is 23.6. The summed E-state index contributed by atoms with van der Waals surface area (Å²) in [5.41, 5.74) is 10.2. The fourth-order valence-corrected chi connectivity index (χ4v) is 5.46. The number of aryl methyl sites for hydroxylation is 3. The number of hydrogen-bond donors (Lipinski definition) is 1. The normalized spacial score (nSPS) is 12.4. The first-order chi connectivity index (χ1) is 16.8. The number of nitrogens with zero attached hydrogens (tertiary/aromatic N) is 3. The number of aromatic nitrogens is 3. The van der Waals surface area contributed by atoms with Crippen molar-refractivity contribution in [1.82, 2.24) is 14.3 Å². The Morgan fingerprint density at radius 2 is 1.49 bits per heavy atom. The molecule has 3 aromatic carbocycles. The van der Waals surface area contributed by atoms with Crippen molar-refractivity contribution >= 4 is 26.8 Å². The quantitative estimate of drug-likeness (QED) is 0.253. The molecule has 0 spiro atoms. The molecule has 1 atom stereocenters. The molecule has 0 aliphatic rings. The number of fused-ring (bicyclic) bond motifs is 1. The van der Waals surface area contributed by atoms with Crippen molar-refractivity contribution in [2.24, 2.45) is 0 Å². The van der Waals surface area contributed by atoms with Gasteiger partial charge in [-0.15, -0.1) is 0 Å². The van der Waals surface area contributed by atoms with Gasteiger partial charge in [0.25, 0.3) is 0 Å². The smallest absolute Gasteiger partial charge is 0.0914 e. The molecule has 1 N–H and O–H groups in total. The highest BCUT2D eigenvalue weighted by atomic mass is 79.9. The Bertz CT molecular complexity index is 1500. The van der Waals surface area contributed by atoms with Crippen LogP contribution < -0.4 is 0 Å². The SMILES string of the molecule is Cc1cc(C)c2c(c1)c(-c1ccccc1)c(-c1ccccc1)n2C[C@@H](O)Cn1nc(C)c(Br)c1C. The first-order valence-corrected chi connectivity index (χ1v) is 12.8. The molecule has 2 heterocycles. The Kier molecular flexibility index (Phi) is 6.39. The third-order valence-corrected chi connectivity index (χ3v) is 7.82. The molecule has 178 valence electrons. The highest BCUT2D eigenvalue weighted by molar-refractivity contribution is 9.10. The van der Waals surface area contributed by atoms with Gasteiger partial charge in [-0.2, -0.15) is 5.10 Å². The lowest BCUT2D eigenvalue weighted by Gasteiger charge is -2.18. The molecule has 0 bridgehead atoms. The summed E-state index contributed by atoms with van der Waals surface area (Å²) in [6.07, 6.45) is -0.609. The maximum Gasteiger partial charge on any atom is 0.0914 e. The second kappa shape index (κ2) is 9.48. The van der Waals surface area contributed by atoms with Gasteiger partial charge in [0, 0.05) is 16.6 Å². The van der Waals surface area contributed by atoms with Crippen LogP contribution in [0.4, 0.5) is 0 Å². The van der Waals surface area contributed by atoms with E-state index in [0.29, 0.717) is 13.1 Å². The van der Waals surface area contributed by atoms with E-state index in [0.717, 1.165) is 27.1 Å². The standard InChI is InChI=1S/C30H30BrN3O/c1-19-15-20(2)29-26(16-19)27(23-11-7-5-8-12-23)30(24-13-9-6-10-14-24)33(29)17-25(35)18-34-22(4)28(31)21(3)32-34/h5-16,25,35H,17-18H2,1-4H3/t25-/m1/s1. The van der Waals surface area contributed by atoms with Gasteiger partial charge in [0.05, 0.1) is 40.6 Å². The van der Waals surface area contributed by atoms with Gasteiger partial charge >= 0.3 is 0 Å². The molecule has 0 radical (unpaired) electrons. The van der Waals surface area contributed by atoms with Gasteiger partial charge in [-0.1, -0.05) is 72.3 Å². The van der Waals surface area contributed by atoms with Gasteiger partial charge in [0.2, 0.25) is 0 Å². The molecule has 4 nitrogen and oxygen atoms in total. The van der Waals surface area contributed by atoms with Crippen LogP contribution in [0.5, 0.6) is 0 Å². The Hall–Kier alpha value is -3.15. The van der Waals surface area contributed by atoms with Crippen LogP contribution in [-0.2, 0) is 13.1 Å². The van der Waals surface area contributed by atoms with E-state index >= 15 is 0 Å². The summed E-state index contributed by atoms with van der Waals surface area (Å²) in [5.74, 6) is 0. The van der Waals surface area contributed by atoms with Crippen molar-refractivity contribution in [3.8, 4) is 22.4 Å². The Labute approximate surface area is 215 Å². The molecule has 0 saturated heterocycles. The van der Waals surface area contributed by atoms with Crippen LogP contribution in [0.2, 0.25) is 0 Å². The maximum atomic E-state index is 11.3. The lowest BCUT2D eigenvalue weighted by atomic mass is 9.97. The van der Waals surface area contributed by atoms with E-state index in [9.17, 15) is 5.11 Å². The molecule has 5 aromatic rings. The molecular weight excluding hydrogens is 498 g/mol. The summed E-state index contributed by atoms with van der Waals surface area (Å²) in [6.45, 7) is 9.21. The van der Waals surface area contributed by atoms with Gasteiger partial charge in [0.15, 0.2) is 0 Å². The number of rotatable bonds is 6. The van der Waals surface area contributed by atoms with E-state index < -0.39 is 6.10 Å². The first-order valence-electron chi connectivity index (χ1n) is 12.0. The molecular formula is C30H30BrN3O. The van der Waals surface area contributed by atoms with Crippen molar-refractivity contribution in [3.63, 3.8) is 0 Å². The zero-order valence-electron chi connectivity index (χ0n) is 20.6. The highest BCUT2D eigenvalue weighted by Gasteiger charge is 2.23. The lowest BCUT2D eigenvalue weighted by molar-refractivity contribution is 0.131. The predicted molar refractivity (Wildman–Crippen MR) is 148 cm³/mol. The molecule has 0 aliphatic heterocycles. The molecule has 0 unspecified atom stereocenters. The second-order valence-corrected chi connectivity index (χ2v) is 10.2. The van der Waals surface area contributed by atoms with E-state index in [1.807, 2.05) is 24.6 Å². The van der Waals surface area contributed by atoms with Crippen LogP contribution in [0, 0.1) is 27.7 Å². The minimum Gasteiger partial charge on any atom is -0.389 e. The molecule has 5 heteroatoms. The molecule has 0 fully saturated rings. The summed E-state index contributed by atoms with van der Waals surface area (Å²) >= 11 is 3.61. The molecule has 0 amide bonds. The summed E-state index contributed by atoms with van der Waals surface area (Å²) < 4.78 is 5.21. The van der Waals surface area contributed by atoms with Crippen LogP contribution in [-0.4, -0.2) is 25.6 Å². The maximum absolute atomic E-state index is 11.3. The van der Waals surface area contributed by atoms with Crippen LogP contribution in [0.15, 0.2) is 77.3 Å². The van der Waals surface area contributed by atoms with Gasteiger partial charge < -0.3 is 9.67 Å². The summed E-state index contributed by atoms with van der Waals surface area (Å²) in [7, 11) is 0. The molecule has 35 heavy (non-hydrogen) atoms.